The van der Waals surface area contributed by atoms with Gasteiger partial charge in [0.2, 0.25) is 0 Å². The number of likely N-dealkylation sites (tertiary alicyclic amines) is 1. The normalized spacial score (nSPS) is 18.8. The molecule has 2 aromatic carbocycles. The average molecular weight is 543 g/mol. The first-order valence-electron chi connectivity index (χ1n) is 13.4. The van der Waals surface area contributed by atoms with Crippen molar-refractivity contribution >= 4 is 23.7 Å². The molecule has 1 aliphatic carbocycles. The monoisotopic (exact) mass is 542 g/mol. The van der Waals surface area contributed by atoms with Crippen molar-refractivity contribution in [1.29, 1.82) is 0 Å². The maximum atomic E-state index is 13.3. The van der Waals surface area contributed by atoms with Crippen molar-refractivity contribution in [2.45, 2.75) is 58.2 Å². The van der Waals surface area contributed by atoms with E-state index in [-0.39, 0.29) is 23.5 Å². The Morgan fingerprint density at radius 2 is 1.70 bits per heavy atom. The van der Waals surface area contributed by atoms with Crippen molar-refractivity contribution < 1.29 is 19.5 Å². The lowest BCUT2D eigenvalue weighted by Crippen LogP contribution is -2.53. The predicted octanol–water partition coefficient (Wildman–Crippen LogP) is 3.52. The van der Waals surface area contributed by atoms with Crippen molar-refractivity contribution in [1.82, 2.24) is 25.5 Å². The number of amides is 3. The van der Waals surface area contributed by atoms with Crippen molar-refractivity contribution in [2.75, 3.05) is 12.3 Å². The Morgan fingerprint density at radius 1 is 1.00 bits per heavy atom. The molecule has 5 N–H and O–H groups in total. The molecular weight excluding hydrogens is 508 g/mol. The third-order valence-electron chi connectivity index (χ3n) is 7.67. The van der Waals surface area contributed by atoms with Gasteiger partial charge in [-0.2, -0.15) is 0 Å². The van der Waals surface area contributed by atoms with Gasteiger partial charge in [0.1, 0.15) is 0 Å². The molecule has 2 atom stereocenters. The topological polar surface area (TPSA) is 151 Å². The van der Waals surface area contributed by atoms with Crippen LogP contribution in [0, 0.1) is 5.41 Å². The molecule has 2 aliphatic rings. The minimum atomic E-state index is -1.01. The fraction of sp³-hybridized carbons (Fsp3) is 0.367. The molecule has 0 radical (unpaired) electrons. The zero-order chi connectivity index (χ0) is 28.6. The van der Waals surface area contributed by atoms with Crippen LogP contribution in [-0.4, -0.2) is 62.6 Å². The first-order valence-corrected chi connectivity index (χ1v) is 13.4. The van der Waals surface area contributed by atoms with Gasteiger partial charge in [0.15, 0.2) is 11.5 Å². The van der Waals surface area contributed by atoms with Gasteiger partial charge in [0.25, 0.3) is 11.8 Å². The third-order valence-corrected chi connectivity index (χ3v) is 7.67. The van der Waals surface area contributed by atoms with E-state index in [1.54, 1.807) is 24.3 Å². The summed E-state index contributed by atoms with van der Waals surface area (Å²) < 4.78 is 0. The van der Waals surface area contributed by atoms with Crippen molar-refractivity contribution in [3.63, 3.8) is 0 Å². The molecule has 208 valence electrons. The second kappa shape index (κ2) is 10.6. The minimum Gasteiger partial charge on any atom is -0.465 e. The van der Waals surface area contributed by atoms with E-state index in [9.17, 15) is 19.5 Å². The lowest BCUT2D eigenvalue weighted by atomic mass is 9.82. The highest BCUT2D eigenvalue weighted by molar-refractivity contribution is 5.98. The number of anilines is 1. The van der Waals surface area contributed by atoms with Crippen molar-refractivity contribution in [3.8, 4) is 11.3 Å². The van der Waals surface area contributed by atoms with Gasteiger partial charge in [0, 0.05) is 23.7 Å². The van der Waals surface area contributed by atoms with E-state index in [4.69, 9.17) is 5.73 Å². The number of rotatable bonds is 5. The third kappa shape index (κ3) is 5.47. The van der Waals surface area contributed by atoms with Gasteiger partial charge < -0.3 is 26.4 Å². The molecule has 1 unspecified atom stereocenters. The molecule has 3 aromatic rings. The van der Waals surface area contributed by atoms with E-state index in [0.717, 1.165) is 12.8 Å². The zero-order valence-electron chi connectivity index (χ0n) is 22.8. The average Bonchev–Trinajstić information content (AvgIpc) is 3.53. The lowest BCUT2D eigenvalue weighted by molar-refractivity contribution is 0.0823. The molecule has 0 spiro atoms. The van der Waals surface area contributed by atoms with Gasteiger partial charge in [-0.15, -0.1) is 0 Å². The molecule has 1 aliphatic heterocycles. The summed E-state index contributed by atoms with van der Waals surface area (Å²) in [6, 6.07) is 14.4. The largest absolute Gasteiger partial charge is 0.465 e. The van der Waals surface area contributed by atoms with Crippen LogP contribution in [0.3, 0.4) is 0 Å². The van der Waals surface area contributed by atoms with E-state index in [1.165, 1.54) is 22.2 Å². The van der Waals surface area contributed by atoms with Crippen LogP contribution in [0.25, 0.3) is 11.3 Å². The number of carbonyl (C=O) groups excluding carboxylic acids is 2. The molecule has 3 amide bonds. The highest BCUT2D eigenvalue weighted by Gasteiger charge is 2.45. The molecule has 0 saturated carbocycles. The first kappa shape index (κ1) is 27.1. The standard InChI is InChI=1S/C30H34N6O4/c1-30(2,3)25-22(11-12-36(25)29(39)40)35-28(38)24-26(31)32-16-23(34-24)19-9-6-10-20(13-19)27(37)33-21-14-17-7-4-5-8-18(17)15-21/h4-10,13,16,21-22,25H,11-12,14-15H2,1-3H3,(H2,31,32)(H,33,37)(H,35,38)(H,39,40)/t22-,25?/m0/s1. The van der Waals surface area contributed by atoms with E-state index in [1.807, 2.05) is 32.9 Å². The van der Waals surface area contributed by atoms with Crippen molar-refractivity contribution in [2.24, 2.45) is 5.41 Å². The number of nitrogens with one attached hydrogen (secondary N) is 2. The maximum absolute atomic E-state index is 13.3. The molecular formula is C30H34N6O4. The Bertz CT molecular complexity index is 1440. The smallest absolute Gasteiger partial charge is 0.407 e. The van der Waals surface area contributed by atoms with Gasteiger partial charge in [-0.3, -0.25) is 9.59 Å². The lowest BCUT2D eigenvalue weighted by Gasteiger charge is -2.37. The molecule has 1 saturated heterocycles. The Labute approximate surface area is 233 Å². The number of hydrogen-bond donors (Lipinski definition) is 4. The number of fused-ring (bicyclic) bond motifs is 1. The number of aromatic nitrogens is 2. The van der Waals surface area contributed by atoms with Crippen LogP contribution >= 0.6 is 0 Å². The van der Waals surface area contributed by atoms with Crippen molar-refractivity contribution in [3.05, 3.63) is 77.1 Å². The Balaban J connectivity index is 1.32. The molecule has 5 rings (SSSR count). The number of carboxylic acid groups (broad SMARTS) is 1. The van der Waals surface area contributed by atoms with Crippen LogP contribution in [0.1, 0.15) is 59.2 Å². The highest BCUT2D eigenvalue weighted by atomic mass is 16.4. The van der Waals surface area contributed by atoms with E-state index in [2.05, 4.69) is 32.7 Å². The number of hydrogen-bond acceptors (Lipinski definition) is 6. The molecule has 10 heteroatoms. The van der Waals surface area contributed by atoms with E-state index in [0.29, 0.717) is 29.8 Å². The Morgan fingerprint density at radius 3 is 2.35 bits per heavy atom. The predicted molar refractivity (Wildman–Crippen MR) is 151 cm³/mol. The Kier molecular flexibility index (Phi) is 7.18. The number of nitrogens with zero attached hydrogens (tertiary/aromatic N) is 3. The molecule has 40 heavy (non-hydrogen) atoms. The second-order valence-electron chi connectivity index (χ2n) is 11.6. The van der Waals surface area contributed by atoms with Crippen LogP contribution in [0.15, 0.2) is 54.7 Å². The summed E-state index contributed by atoms with van der Waals surface area (Å²) in [6.07, 6.45) is 2.53. The van der Waals surface area contributed by atoms with Gasteiger partial charge in [-0.1, -0.05) is 57.2 Å². The summed E-state index contributed by atoms with van der Waals surface area (Å²) in [5, 5.41) is 15.7. The van der Waals surface area contributed by atoms with Crippen LogP contribution in [-0.2, 0) is 12.8 Å². The number of nitrogens with two attached hydrogens (primary N) is 1. The van der Waals surface area contributed by atoms with E-state index < -0.39 is 29.5 Å². The SMILES string of the molecule is CC(C)(C)C1[C@@H](NC(=O)c2nc(-c3cccc(C(=O)NC4Cc5ccccc5C4)c3)cnc2N)CCN1C(=O)O. The minimum absolute atomic E-state index is 0.0312. The van der Waals surface area contributed by atoms with Gasteiger partial charge in [0.05, 0.1) is 24.0 Å². The summed E-state index contributed by atoms with van der Waals surface area (Å²) in [5.74, 6) is -0.733. The summed E-state index contributed by atoms with van der Waals surface area (Å²) >= 11 is 0. The quantitative estimate of drug-likeness (QED) is 0.385. The van der Waals surface area contributed by atoms with Gasteiger partial charge in [-0.05, 0) is 47.9 Å². The maximum Gasteiger partial charge on any atom is 0.407 e. The zero-order valence-corrected chi connectivity index (χ0v) is 22.8. The second-order valence-corrected chi connectivity index (χ2v) is 11.6. The molecule has 0 bridgehead atoms. The number of nitrogen functional groups attached to an aromatic ring is 1. The highest BCUT2D eigenvalue weighted by Crippen LogP contribution is 2.33. The van der Waals surface area contributed by atoms with Crippen LogP contribution in [0.5, 0.6) is 0 Å². The fourth-order valence-corrected chi connectivity index (χ4v) is 5.92. The van der Waals surface area contributed by atoms with Gasteiger partial charge in [-0.25, -0.2) is 14.8 Å². The van der Waals surface area contributed by atoms with Gasteiger partial charge >= 0.3 is 6.09 Å². The summed E-state index contributed by atoms with van der Waals surface area (Å²) in [7, 11) is 0. The molecule has 2 heterocycles. The van der Waals surface area contributed by atoms with Crippen LogP contribution < -0.4 is 16.4 Å². The van der Waals surface area contributed by atoms with Crippen LogP contribution in [0.4, 0.5) is 10.6 Å². The van der Waals surface area contributed by atoms with E-state index >= 15 is 0 Å². The fourth-order valence-electron chi connectivity index (χ4n) is 5.92. The molecule has 1 fully saturated rings. The molecule has 10 nitrogen and oxygen atoms in total. The first-order chi connectivity index (χ1) is 19.0. The summed E-state index contributed by atoms with van der Waals surface area (Å²) in [4.78, 5) is 48.2. The van der Waals surface area contributed by atoms with Crippen LogP contribution in [0.2, 0.25) is 0 Å². The summed E-state index contributed by atoms with van der Waals surface area (Å²) in [6.45, 7) is 6.16. The Hall–Kier alpha value is -4.47. The number of carbonyl (C=O) groups is 3. The molecule has 1 aromatic heterocycles. The summed E-state index contributed by atoms with van der Waals surface area (Å²) in [5.41, 5.74) is 9.61. The number of benzene rings is 2.